The van der Waals surface area contributed by atoms with Crippen molar-refractivity contribution in [2.75, 3.05) is 11.1 Å². The third kappa shape index (κ3) is 6.50. The lowest BCUT2D eigenvalue weighted by atomic mass is 10.0. The Morgan fingerprint density at radius 3 is 2.58 bits per heavy atom. The average Bonchev–Trinajstić information content (AvgIpc) is 3.12. The molecule has 2 N–H and O–H groups in total. The molecule has 3 aromatic rings. The number of hydrogen-bond acceptors (Lipinski definition) is 5. The minimum Gasteiger partial charge on any atom is -0.342 e. The molecule has 10 heteroatoms. The molecule has 0 aliphatic heterocycles. The molecule has 0 spiro atoms. The highest BCUT2D eigenvalue weighted by molar-refractivity contribution is 7.99. The number of nitrogens with one attached hydrogen (secondary N) is 2. The molecule has 33 heavy (non-hydrogen) atoms. The maximum atomic E-state index is 12.8. The van der Waals surface area contributed by atoms with Gasteiger partial charge in [-0.15, -0.1) is 10.2 Å². The number of aryl methyl sites for hydroxylation is 1. The molecular formula is C23H25Cl2N5O2S. The van der Waals surface area contributed by atoms with Crippen LogP contribution in [0.2, 0.25) is 10.0 Å². The van der Waals surface area contributed by atoms with Gasteiger partial charge in [0.1, 0.15) is 0 Å². The number of carbonyl (C=O) groups is 2. The number of thioether (sulfide) groups is 1. The second-order valence-corrected chi connectivity index (χ2v) is 9.71. The van der Waals surface area contributed by atoms with Gasteiger partial charge in [-0.3, -0.25) is 9.59 Å². The molecule has 0 aliphatic carbocycles. The summed E-state index contributed by atoms with van der Waals surface area (Å²) in [7, 11) is 1.82. The van der Waals surface area contributed by atoms with Crippen LogP contribution >= 0.6 is 35.0 Å². The van der Waals surface area contributed by atoms with Crippen LogP contribution in [-0.4, -0.2) is 32.3 Å². The average molecular weight is 506 g/mol. The van der Waals surface area contributed by atoms with Crippen molar-refractivity contribution in [3.8, 4) is 0 Å². The Labute approximate surface area is 207 Å². The van der Waals surface area contributed by atoms with E-state index in [4.69, 9.17) is 23.2 Å². The molecule has 174 valence electrons. The van der Waals surface area contributed by atoms with Gasteiger partial charge in [0.25, 0.3) is 5.91 Å². The molecular weight excluding hydrogens is 481 g/mol. The first-order chi connectivity index (χ1) is 15.7. The molecule has 0 bridgehead atoms. The van der Waals surface area contributed by atoms with Crippen LogP contribution in [0.3, 0.4) is 0 Å². The number of anilines is 1. The van der Waals surface area contributed by atoms with Gasteiger partial charge >= 0.3 is 0 Å². The third-order valence-electron chi connectivity index (χ3n) is 4.92. The summed E-state index contributed by atoms with van der Waals surface area (Å²) in [4.78, 5) is 25.2. The molecule has 0 saturated heterocycles. The molecule has 1 aromatic heterocycles. The second kappa shape index (κ2) is 11.0. The topological polar surface area (TPSA) is 88.9 Å². The molecule has 0 saturated carbocycles. The molecule has 0 fully saturated rings. The normalized spacial score (nSPS) is 12.0. The maximum Gasteiger partial charge on any atom is 0.251 e. The van der Waals surface area contributed by atoms with Crippen LogP contribution in [0.4, 0.5) is 5.69 Å². The molecule has 3 rings (SSSR count). The van der Waals surface area contributed by atoms with Crippen LogP contribution in [0.5, 0.6) is 0 Å². The number of carbonyl (C=O) groups excluding carboxylic acids is 2. The fourth-order valence-electron chi connectivity index (χ4n) is 3.17. The first kappa shape index (κ1) is 25.1. The predicted molar refractivity (Wildman–Crippen MR) is 133 cm³/mol. The van der Waals surface area contributed by atoms with E-state index in [1.165, 1.54) is 11.8 Å². The highest BCUT2D eigenvalue weighted by Gasteiger charge is 2.25. The predicted octanol–water partition coefficient (Wildman–Crippen LogP) is 5.29. The van der Waals surface area contributed by atoms with Gasteiger partial charge in [-0.25, -0.2) is 0 Å². The number of aromatic nitrogens is 3. The van der Waals surface area contributed by atoms with Crippen molar-refractivity contribution in [3.05, 3.63) is 69.5 Å². The van der Waals surface area contributed by atoms with E-state index in [2.05, 4.69) is 20.8 Å². The summed E-state index contributed by atoms with van der Waals surface area (Å²) < 4.78 is 1.80. The van der Waals surface area contributed by atoms with Gasteiger partial charge in [-0.05, 0) is 43.2 Å². The standard InChI is InChI=1S/C23H25Cl2N5O2S/c1-13(2)20(27-22(32)15-7-5-6-14(3)10-15)21-28-29-23(30(21)4)33-12-19(31)26-18-11-16(24)8-9-17(18)25/h5-11,13,20H,12H2,1-4H3,(H,26,31)(H,27,32)/t20-/m1/s1. The van der Waals surface area contributed by atoms with Gasteiger partial charge in [-0.2, -0.15) is 0 Å². The molecule has 1 heterocycles. The van der Waals surface area contributed by atoms with Crippen molar-refractivity contribution in [2.45, 2.75) is 32.0 Å². The zero-order valence-corrected chi connectivity index (χ0v) is 21.1. The fourth-order valence-corrected chi connectivity index (χ4v) is 4.23. The van der Waals surface area contributed by atoms with Gasteiger partial charge in [0.05, 0.1) is 22.5 Å². The Hall–Kier alpha value is -2.55. The Kier molecular flexibility index (Phi) is 8.40. The molecule has 0 radical (unpaired) electrons. The van der Waals surface area contributed by atoms with E-state index in [0.29, 0.717) is 32.3 Å². The lowest BCUT2D eigenvalue weighted by Gasteiger charge is -2.21. The second-order valence-electron chi connectivity index (χ2n) is 7.93. The Bertz CT molecular complexity index is 1170. The van der Waals surface area contributed by atoms with E-state index >= 15 is 0 Å². The van der Waals surface area contributed by atoms with E-state index in [0.717, 1.165) is 5.56 Å². The summed E-state index contributed by atoms with van der Waals surface area (Å²) in [6.07, 6.45) is 0. The van der Waals surface area contributed by atoms with Crippen LogP contribution in [0, 0.1) is 12.8 Å². The van der Waals surface area contributed by atoms with Crippen LogP contribution < -0.4 is 10.6 Å². The molecule has 2 aromatic carbocycles. The molecule has 7 nitrogen and oxygen atoms in total. The van der Waals surface area contributed by atoms with Crippen molar-refractivity contribution in [3.63, 3.8) is 0 Å². The van der Waals surface area contributed by atoms with E-state index < -0.39 is 0 Å². The Morgan fingerprint density at radius 1 is 1.12 bits per heavy atom. The molecule has 0 aliphatic rings. The van der Waals surface area contributed by atoms with Gasteiger partial charge in [0, 0.05) is 17.6 Å². The Morgan fingerprint density at radius 2 is 1.88 bits per heavy atom. The van der Waals surface area contributed by atoms with E-state index in [1.54, 1.807) is 28.8 Å². The number of halogens is 2. The summed E-state index contributed by atoms with van der Waals surface area (Å²) in [5.41, 5.74) is 2.05. The number of rotatable bonds is 8. The van der Waals surface area contributed by atoms with Crippen molar-refractivity contribution in [1.82, 2.24) is 20.1 Å². The number of hydrogen-bond donors (Lipinski definition) is 2. The van der Waals surface area contributed by atoms with Gasteiger partial charge in [0.2, 0.25) is 5.91 Å². The van der Waals surface area contributed by atoms with E-state index in [1.807, 2.05) is 46.0 Å². The summed E-state index contributed by atoms with van der Waals surface area (Å²) in [5.74, 6) is 0.380. The SMILES string of the molecule is Cc1cccc(C(=O)N[C@@H](c2nnc(SCC(=O)Nc3cc(Cl)ccc3Cl)n2C)C(C)C)c1. The van der Waals surface area contributed by atoms with Crippen molar-refractivity contribution in [1.29, 1.82) is 0 Å². The number of amides is 2. The quantitative estimate of drug-likeness (QED) is 0.406. The molecule has 1 atom stereocenters. The van der Waals surface area contributed by atoms with Gasteiger partial charge < -0.3 is 15.2 Å². The van der Waals surface area contributed by atoms with Gasteiger partial charge in [-0.1, -0.05) is 66.5 Å². The summed E-state index contributed by atoms with van der Waals surface area (Å²) in [5, 5.41) is 15.8. The number of nitrogens with zero attached hydrogens (tertiary/aromatic N) is 3. The zero-order chi connectivity index (χ0) is 24.1. The largest absolute Gasteiger partial charge is 0.342 e. The minimum atomic E-state index is -0.344. The first-order valence-corrected chi connectivity index (χ1v) is 12.0. The lowest BCUT2D eigenvalue weighted by molar-refractivity contribution is -0.113. The first-order valence-electron chi connectivity index (χ1n) is 10.3. The zero-order valence-electron chi connectivity index (χ0n) is 18.7. The van der Waals surface area contributed by atoms with E-state index in [9.17, 15) is 9.59 Å². The minimum absolute atomic E-state index is 0.0766. The summed E-state index contributed by atoms with van der Waals surface area (Å²) in [6, 6.07) is 11.9. The highest BCUT2D eigenvalue weighted by Crippen LogP contribution is 2.27. The van der Waals surface area contributed by atoms with Crippen LogP contribution in [-0.2, 0) is 11.8 Å². The molecule has 2 amide bonds. The van der Waals surface area contributed by atoms with Crippen molar-refractivity contribution >= 4 is 52.5 Å². The van der Waals surface area contributed by atoms with Crippen molar-refractivity contribution in [2.24, 2.45) is 13.0 Å². The van der Waals surface area contributed by atoms with Crippen LogP contribution in [0.25, 0.3) is 0 Å². The smallest absolute Gasteiger partial charge is 0.251 e. The van der Waals surface area contributed by atoms with E-state index in [-0.39, 0.29) is 29.5 Å². The van der Waals surface area contributed by atoms with Gasteiger partial charge in [0.15, 0.2) is 11.0 Å². The highest BCUT2D eigenvalue weighted by atomic mass is 35.5. The third-order valence-corrected chi connectivity index (χ3v) is 6.50. The van der Waals surface area contributed by atoms with Crippen LogP contribution in [0.15, 0.2) is 47.6 Å². The lowest BCUT2D eigenvalue weighted by Crippen LogP contribution is -2.33. The monoisotopic (exact) mass is 505 g/mol. The van der Waals surface area contributed by atoms with Crippen molar-refractivity contribution < 1.29 is 9.59 Å². The molecule has 0 unspecified atom stereocenters. The summed E-state index contributed by atoms with van der Waals surface area (Å²) >= 11 is 13.3. The summed E-state index contributed by atoms with van der Waals surface area (Å²) in [6.45, 7) is 5.95. The number of benzene rings is 2. The maximum absolute atomic E-state index is 12.8. The van der Waals surface area contributed by atoms with Crippen LogP contribution in [0.1, 0.15) is 41.6 Å². The fraction of sp³-hybridized carbons (Fsp3) is 0.304. The Balaban J connectivity index is 1.68.